The van der Waals surface area contributed by atoms with Crippen LogP contribution in [0.25, 0.3) is 0 Å². The normalized spacial score (nSPS) is 20.4. The number of esters is 1. The lowest BCUT2D eigenvalue weighted by molar-refractivity contribution is -0.142. The maximum atomic E-state index is 14.5. The van der Waals surface area contributed by atoms with Gasteiger partial charge >= 0.3 is 11.9 Å². The summed E-state index contributed by atoms with van der Waals surface area (Å²) in [4.78, 5) is 122. The van der Waals surface area contributed by atoms with Gasteiger partial charge in [-0.15, -0.1) is 0 Å². The molecule has 2 aliphatic heterocycles. The number of thioether (sulfide) groups is 1. The summed E-state index contributed by atoms with van der Waals surface area (Å²) in [6.07, 6.45) is 1.48. The molecule has 0 unspecified atom stereocenters. The highest BCUT2D eigenvalue weighted by atomic mass is 33.1. The summed E-state index contributed by atoms with van der Waals surface area (Å²) in [5.41, 5.74) is 0.172. The number of aromatic nitrogens is 4. The standard InChI is InChI=1S/C44H58N12O15S5/c1-19(2)71-44(70)33-53-30(38(65)55-33)40(72)45-13-29(60)46-25(15-57)34(61)49-28-18-76-75-17-27(36(63)47-23(43(68)69)9-11-74-3)50-35(62)26(16-58)51-41(73)31-39(66)54-32(52-31)21-8-10-56(14-21)42(67)24(48-37(28)64)12-20-4-6-22(59)7-5-20/h4-7,19,21,23-28,57-59,65-66H,8-18H2,1-3H3,(H,45,72)(H,46,60)(H,47,63)(H,48,64)(H,49,61)(H,50,62)(H,51,73)(H,52,54)(H,53,55)(H,68,69)/t21-,23+,24+,25+,26+,27+,28+/m1/s1. The molecule has 2 aliphatic rings. The molecular weight excluding hydrogens is 1100 g/mol. The van der Waals surface area contributed by atoms with Crippen LogP contribution in [-0.4, -0.2) is 212 Å². The summed E-state index contributed by atoms with van der Waals surface area (Å²) in [5, 5.41) is 79.3. The fourth-order valence-corrected chi connectivity index (χ4v) is 10.7. The number of aliphatic hydroxyl groups is 2. The van der Waals surface area contributed by atoms with E-state index in [9.17, 15) is 69.0 Å². The summed E-state index contributed by atoms with van der Waals surface area (Å²) in [5.74, 6) is -9.83. The van der Waals surface area contributed by atoms with E-state index in [0.29, 0.717) is 17.7 Å². The second-order valence-corrected chi connectivity index (χ2v) is 21.7. The van der Waals surface area contributed by atoms with Gasteiger partial charge in [0.05, 0.1) is 25.9 Å². The fourth-order valence-electron chi connectivity index (χ4n) is 7.39. The molecule has 414 valence electrons. The van der Waals surface area contributed by atoms with Gasteiger partial charge in [-0.25, -0.2) is 9.59 Å². The van der Waals surface area contributed by atoms with Crippen LogP contribution < -0.4 is 37.2 Å². The van der Waals surface area contributed by atoms with E-state index < -0.39 is 127 Å². The van der Waals surface area contributed by atoms with Crippen LogP contribution in [0.15, 0.2) is 24.3 Å². The summed E-state index contributed by atoms with van der Waals surface area (Å²) >= 11 is 12.1. The Morgan fingerprint density at radius 2 is 1.63 bits per heavy atom. The number of aliphatic carboxylic acids is 1. The Bertz CT molecular complexity index is 2620. The lowest BCUT2D eigenvalue weighted by atomic mass is 10.0. The number of H-pyrrole nitrogens is 2. The summed E-state index contributed by atoms with van der Waals surface area (Å²) in [6.45, 7) is 0.906. The van der Waals surface area contributed by atoms with E-state index >= 15 is 0 Å². The molecule has 7 atom stereocenters. The zero-order valence-electron chi connectivity index (χ0n) is 40.9. The van der Waals surface area contributed by atoms with Crippen LogP contribution in [0.1, 0.15) is 66.0 Å². The van der Waals surface area contributed by atoms with Crippen molar-refractivity contribution in [2.24, 2.45) is 0 Å². The number of ether oxygens (including phenoxy) is 1. The molecule has 2 aromatic heterocycles. The van der Waals surface area contributed by atoms with Crippen molar-refractivity contribution in [1.82, 2.24) is 62.1 Å². The minimum Gasteiger partial charge on any atom is -0.508 e. The maximum Gasteiger partial charge on any atom is 0.374 e. The van der Waals surface area contributed by atoms with Crippen LogP contribution >= 0.6 is 57.8 Å². The highest BCUT2D eigenvalue weighted by Gasteiger charge is 2.37. The third kappa shape index (κ3) is 17.0. The Balaban J connectivity index is 1.42. The first kappa shape index (κ1) is 60.4. The molecule has 15 N–H and O–H groups in total. The quantitative estimate of drug-likeness (QED) is 0.0359. The zero-order valence-corrected chi connectivity index (χ0v) is 45.0. The van der Waals surface area contributed by atoms with Crippen LogP contribution in [0.5, 0.6) is 17.5 Å². The second-order valence-electron chi connectivity index (χ2n) is 17.3. The van der Waals surface area contributed by atoms with Gasteiger partial charge in [0.1, 0.15) is 69.2 Å². The van der Waals surface area contributed by atoms with E-state index in [1.54, 1.807) is 32.2 Å². The fraction of sp³-hybridized carbons (Fsp3) is 0.500. The molecule has 27 nitrogen and oxygen atoms in total. The lowest BCUT2D eigenvalue weighted by Crippen LogP contribution is -2.59. The molecule has 76 heavy (non-hydrogen) atoms. The van der Waals surface area contributed by atoms with Crippen molar-refractivity contribution in [3.8, 4) is 17.5 Å². The van der Waals surface area contributed by atoms with Gasteiger partial charge in [0, 0.05) is 36.9 Å². The number of imidazole rings is 2. The number of amides is 6. The smallest absolute Gasteiger partial charge is 0.374 e. The monoisotopic (exact) mass is 1150 g/mol. The number of carbonyl (C=O) groups excluding carboxylic acids is 7. The number of aromatic hydroxyl groups is 3. The second kappa shape index (κ2) is 28.6. The molecule has 32 heteroatoms. The Morgan fingerprint density at radius 1 is 0.921 bits per heavy atom. The number of carboxylic acid groups (broad SMARTS) is 1. The Hall–Kier alpha value is -6.45. The van der Waals surface area contributed by atoms with Gasteiger partial charge in [0.15, 0.2) is 0 Å². The topological polar surface area (TPSA) is 412 Å². The van der Waals surface area contributed by atoms with Crippen LogP contribution in [0, 0.1) is 0 Å². The van der Waals surface area contributed by atoms with E-state index in [1.165, 1.54) is 28.8 Å². The van der Waals surface area contributed by atoms with E-state index in [0.717, 1.165) is 21.6 Å². The number of aliphatic hydroxyl groups excluding tert-OH is 2. The number of aromatic amines is 2. The van der Waals surface area contributed by atoms with E-state index in [2.05, 4.69) is 57.2 Å². The van der Waals surface area contributed by atoms with Gasteiger partial charge in [-0.2, -0.15) is 21.7 Å². The van der Waals surface area contributed by atoms with Gasteiger partial charge in [0.2, 0.25) is 53.0 Å². The van der Waals surface area contributed by atoms with E-state index in [-0.39, 0.29) is 76.2 Å². The highest BCUT2D eigenvalue weighted by molar-refractivity contribution is 8.76. The van der Waals surface area contributed by atoms with Crippen LogP contribution in [0.3, 0.4) is 0 Å². The van der Waals surface area contributed by atoms with Crippen molar-refractivity contribution in [2.75, 3.05) is 56.4 Å². The number of nitrogens with zero attached hydrogens (tertiary/aromatic N) is 3. The number of fused-ring (bicyclic) bond motifs is 5. The maximum absolute atomic E-state index is 14.5. The van der Waals surface area contributed by atoms with Gasteiger partial charge in [-0.3, -0.25) is 28.8 Å². The van der Waals surface area contributed by atoms with Crippen LogP contribution in [0.4, 0.5) is 0 Å². The number of benzene rings is 1. The number of phenolic OH excluding ortho intramolecular Hbond substituents is 1. The van der Waals surface area contributed by atoms with Crippen molar-refractivity contribution in [1.29, 1.82) is 0 Å². The largest absolute Gasteiger partial charge is 0.508 e. The van der Waals surface area contributed by atoms with Crippen LogP contribution in [-0.2, 0) is 44.7 Å². The molecule has 1 saturated heterocycles. The van der Waals surface area contributed by atoms with Gasteiger partial charge < -0.3 is 87.5 Å². The number of carbonyl (C=O) groups is 8. The number of nitrogens with one attached hydrogen (secondary N) is 9. The number of rotatable bonds is 18. The molecule has 0 spiro atoms. The molecule has 1 aromatic carbocycles. The predicted octanol–water partition coefficient (Wildman–Crippen LogP) is -2.39. The summed E-state index contributed by atoms with van der Waals surface area (Å²) < 4.78 is 5.05. The molecule has 0 aliphatic carbocycles. The van der Waals surface area contributed by atoms with Crippen molar-refractivity contribution < 1.29 is 73.7 Å². The summed E-state index contributed by atoms with van der Waals surface area (Å²) in [7, 11) is 1.80. The van der Waals surface area contributed by atoms with Crippen molar-refractivity contribution in [2.45, 2.75) is 81.4 Å². The Kier molecular flexibility index (Phi) is 22.7. The predicted molar refractivity (Wildman–Crippen MR) is 285 cm³/mol. The van der Waals surface area contributed by atoms with Gasteiger partial charge in [-0.1, -0.05) is 58.2 Å². The number of carboxylic acids is 1. The third-order valence-corrected chi connectivity index (χ3v) is 15.1. The minimum atomic E-state index is -1.70. The Labute approximate surface area is 456 Å². The number of hydrogen-bond donors (Lipinski definition) is 15. The highest BCUT2D eigenvalue weighted by Crippen LogP contribution is 2.30. The van der Waals surface area contributed by atoms with E-state index in [1.807, 2.05) is 0 Å². The average Bonchev–Trinajstić information content (AvgIpc) is 4.14. The van der Waals surface area contributed by atoms with Crippen molar-refractivity contribution in [3.05, 3.63) is 52.9 Å². The van der Waals surface area contributed by atoms with Crippen LogP contribution in [0.2, 0.25) is 0 Å². The number of hydrogen-bond acceptors (Lipinski definition) is 21. The van der Waals surface area contributed by atoms with Gasteiger partial charge in [0.25, 0.3) is 0 Å². The molecule has 1 fully saturated rings. The SMILES string of the molecule is CSCC[C@H](NC(=O)[C@@H]1CSSC[C@H](NC(=O)[C@H](CO)NC(=O)CNC(=S)c2[nH]c(C(=O)OC(C)C)nc2O)C(=O)N[C@@H](Cc2ccc(O)cc2)C(=O)N2CC[C@H](C2)c2nc(O)c([nH]2)C(=S)N[C@@H](CO)C(=O)N1)C(=O)O. The van der Waals surface area contributed by atoms with Crippen molar-refractivity contribution in [3.63, 3.8) is 0 Å². The number of phenols is 1. The molecule has 0 saturated carbocycles. The first-order valence-electron chi connectivity index (χ1n) is 23.3. The molecular formula is C44H58N12O15S5. The molecule has 4 bridgehead atoms. The average molecular weight is 1160 g/mol. The third-order valence-electron chi connectivity index (χ3n) is 11.3. The summed E-state index contributed by atoms with van der Waals surface area (Å²) in [6, 6.07) is -3.09. The first-order valence-corrected chi connectivity index (χ1v) is 28.0. The molecule has 0 radical (unpaired) electrons. The molecule has 4 heterocycles. The molecule has 6 amide bonds. The van der Waals surface area contributed by atoms with E-state index in [4.69, 9.17) is 29.2 Å². The zero-order chi connectivity index (χ0) is 55.8. The lowest BCUT2D eigenvalue weighted by Gasteiger charge is -2.27. The minimum absolute atomic E-state index is 0.0225. The Morgan fingerprint density at radius 3 is 2.29 bits per heavy atom. The van der Waals surface area contributed by atoms with Gasteiger partial charge in [-0.05, 0) is 56.4 Å². The number of thiocarbonyl (C=S) groups is 2. The molecule has 3 aromatic rings. The molecule has 5 rings (SSSR count). The first-order chi connectivity index (χ1) is 36.1. The van der Waals surface area contributed by atoms with Crippen molar-refractivity contribution >= 4 is 115 Å².